The van der Waals surface area contributed by atoms with Gasteiger partial charge in [-0.25, -0.2) is 19.7 Å². The van der Waals surface area contributed by atoms with Gasteiger partial charge in [-0.3, -0.25) is 0 Å². The Labute approximate surface area is 580 Å². The van der Waals surface area contributed by atoms with Gasteiger partial charge in [-0.05, 0) is 120 Å². The summed E-state index contributed by atoms with van der Waals surface area (Å²) in [6.45, 7) is 42.6. The molecule has 5 aromatic carbocycles. The van der Waals surface area contributed by atoms with Crippen LogP contribution in [0, 0.1) is 58.4 Å². The quantitative estimate of drug-likeness (QED) is 0.0456. The van der Waals surface area contributed by atoms with E-state index in [1.54, 1.807) is 0 Å². The smallest absolute Gasteiger partial charge is 0.233 e. The molecule has 13 atom stereocenters. The Balaban J connectivity index is 0.000000267. The van der Waals surface area contributed by atoms with Crippen LogP contribution < -0.4 is 4.74 Å². The number of benzene rings is 5. The molecule has 0 spiro atoms. The van der Waals surface area contributed by atoms with Gasteiger partial charge in [-0.15, -0.1) is 0 Å². The van der Waals surface area contributed by atoms with Crippen LogP contribution in [-0.4, -0.2) is 76.7 Å². The van der Waals surface area contributed by atoms with Crippen LogP contribution in [-0.2, 0) is 128 Å². The van der Waals surface area contributed by atoms with Crippen molar-refractivity contribution in [2.75, 3.05) is 19.8 Å². The van der Waals surface area contributed by atoms with E-state index in [-0.39, 0.29) is 163 Å². The third kappa shape index (κ3) is 19.7. The summed E-state index contributed by atoms with van der Waals surface area (Å²) < 4.78 is 11.0. The number of ether oxygens (including phenoxy) is 2. The van der Waals surface area contributed by atoms with E-state index in [0.717, 1.165) is 90.5 Å². The molecule has 9 nitrogen and oxygen atoms in total. The molecule has 4 N–H and O–H groups in total. The Morgan fingerprint density at radius 2 is 1.18 bits per heavy atom. The van der Waals surface area contributed by atoms with Crippen LogP contribution in [0.15, 0.2) is 109 Å². The zero-order valence-corrected chi connectivity index (χ0v) is 59.2. The summed E-state index contributed by atoms with van der Waals surface area (Å²) >= 11 is 0. The van der Waals surface area contributed by atoms with Crippen LogP contribution in [0.3, 0.4) is 0 Å². The molecule has 84 heavy (non-hydrogen) atoms. The normalized spacial score (nSPS) is 25.5. The summed E-state index contributed by atoms with van der Waals surface area (Å²) in [5.41, 5.74) is 11.7. The molecule has 3 saturated carbocycles. The van der Waals surface area contributed by atoms with Gasteiger partial charge < -0.3 is 58.3 Å². The summed E-state index contributed by atoms with van der Waals surface area (Å²) in [5.74, 6) is 1.16. The van der Waals surface area contributed by atoms with Gasteiger partial charge in [-0.1, -0.05) is 145 Å². The summed E-state index contributed by atoms with van der Waals surface area (Å²) in [6.07, 6.45) is 12.5. The SMILES string of the molecule is [C-]#[N+][C@@H]1C[C@@H](O)C(c2ccc(C(C)(C)C)cc2)C1CCCOC[CH2-].[C-]#[N+][C@@H]1C[C@@H](O)C(c2ccc(CCCCCC)cc2)C1c1ccc(C)c(OC[CH2-])c1.[C-]#[N+][C@@H]1C[C@@H](O)C(c2ccc3c(c2)CCC3O)C1CCCc1[c-]cccc1.[Y].[Y].[Y]. The fraction of sp³-hybridized carbons (Fsp3) is 0.514. The van der Waals surface area contributed by atoms with Gasteiger partial charge in [0, 0.05) is 147 Å². The molecule has 4 aliphatic rings. The topological polar surface area (TPSA) is 112 Å². The molecule has 7 unspecified atom stereocenters. The Kier molecular flexibility index (Phi) is 32.4. The van der Waals surface area contributed by atoms with Crippen molar-refractivity contribution in [1.29, 1.82) is 0 Å². The molecule has 0 aromatic heterocycles. The molecular weight excluding hydrogens is 1270 g/mol. The Morgan fingerprint density at radius 3 is 1.77 bits per heavy atom. The third-order valence-corrected chi connectivity index (χ3v) is 17.9. The van der Waals surface area contributed by atoms with E-state index in [0.29, 0.717) is 39.1 Å². The summed E-state index contributed by atoms with van der Waals surface area (Å²) in [4.78, 5) is 11.5. The van der Waals surface area contributed by atoms with Crippen molar-refractivity contribution in [3.8, 4) is 5.75 Å². The Hall–Kier alpha value is -2.52. The summed E-state index contributed by atoms with van der Waals surface area (Å²) in [5, 5.41) is 42.2. The molecule has 0 heterocycles. The molecule has 0 bridgehead atoms. The number of aliphatic hydroxyl groups excluding tert-OH is 4. The van der Waals surface area contributed by atoms with Gasteiger partial charge in [0.1, 0.15) is 5.75 Å². The molecule has 3 radical (unpaired) electrons. The number of hydrogen-bond acceptors (Lipinski definition) is 6. The number of aryl methyl sites for hydroxylation is 4. The molecule has 0 saturated heterocycles. The summed E-state index contributed by atoms with van der Waals surface area (Å²) in [6, 6.07) is 40.6. The number of nitrogens with zero attached hydrogens (tertiary/aromatic N) is 3. The second-order valence-corrected chi connectivity index (χ2v) is 24.3. The van der Waals surface area contributed by atoms with Gasteiger partial charge in [0.25, 0.3) is 0 Å². The number of aliphatic hydroxyl groups is 4. The Bertz CT molecular complexity index is 2860. The van der Waals surface area contributed by atoms with Crippen molar-refractivity contribution in [2.24, 2.45) is 11.8 Å². The molecule has 3 fully saturated rings. The van der Waals surface area contributed by atoms with E-state index >= 15 is 0 Å². The maximum atomic E-state index is 10.9. The van der Waals surface area contributed by atoms with Gasteiger partial charge >= 0.3 is 0 Å². The minimum atomic E-state index is -0.511. The van der Waals surface area contributed by atoms with Crippen molar-refractivity contribution >= 4 is 0 Å². The number of fused-ring (bicyclic) bond motifs is 1. The van der Waals surface area contributed by atoms with Crippen molar-refractivity contribution in [3.63, 3.8) is 0 Å². The average Bonchev–Trinajstić information content (AvgIpc) is 3.00. The fourth-order valence-electron chi connectivity index (χ4n) is 13.6. The van der Waals surface area contributed by atoms with Gasteiger partial charge in [0.2, 0.25) is 18.1 Å². The first kappa shape index (κ1) is 73.9. The number of hydrogen-bond donors (Lipinski definition) is 4. The predicted molar refractivity (Wildman–Crippen MR) is 326 cm³/mol. The van der Waals surface area contributed by atoms with Crippen molar-refractivity contribution in [2.45, 2.75) is 203 Å². The second-order valence-electron chi connectivity index (χ2n) is 24.3. The van der Waals surface area contributed by atoms with Crippen LogP contribution in [0.25, 0.3) is 14.5 Å². The van der Waals surface area contributed by atoms with E-state index in [4.69, 9.17) is 29.2 Å². The van der Waals surface area contributed by atoms with Crippen LogP contribution in [0.5, 0.6) is 5.75 Å². The molecule has 0 aliphatic heterocycles. The molecule has 0 amide bonds. The molecule has 12 heteroatoms. The van der Waals surface area contributed by atoms with E-state index < -0.39 is 18.3 Å². The summed E-state index contributed by atoms with van der Waals surface area (Å²) in [7, 11) is 0. The van der Waals surface area contributed by atoms with E-state index in [1.807, 2.05) is 43.3 Å². The largest absolute Gasteiger partial charge is 0.525 e. The maximum absolute atomic E-state index is 10.9. The number of unbranched alkanes of at least 4 members (excludes halogenated alkanes) is 3. The van der Waals surface area contributed by atoms with E-state index in [9.17, 15) is 20.4 Å². The van der Waals surface area contributed by atoms with Crippen LogP contribution in [0.1, 0.15) is 190 Å². The average molecular weight is 1360 g/mol. The maximum Gasteiger partial charge on any atom is 0.233 e. The predicted octanol–water partition coefficient (Wildman–Crippen LogP) is 14.9. The molecule has 9 rings (SSSR count). The first-order chi connectivity index (χ1) is 39.1. The minimum Gasteiger partial charge on any atom is -0.525 e. The fourth-order valence-corrected chi connectivity index (χ4v) is 13.6. The molecule has 4 aliphatic carbocycles. The van der Waals surface area contributed by atoms with Crippen LogP contribution in [0.4, 0.5) is 0 Å². The first-order valence-electron chi connectivity index (χ1n) is 30.1. The zero-order chi connectivity index (χ0) is 58.1. The van der Waals surface area contributed by atoms with E-state index in [1.165, 1.54) is 47.9 Å². The molecule has 441 valence electrons. The standard InChI is InChI=1S/C27H34NO2.C24H26NO2.C21H30NO2.3Y/c1-5-7-8-9-10-20-12-15-21(16-13-20)27-24(29)18-23(28-4)26(27)22-14-11-19(3)25(17-22)30-6-2;1-25-21-15-23(27)24(18-10-12-19-17(14-18)11-13-22(19)26)20(21)9-5-8-16-6-3-2-4-7-16;1-6-24-13-7-8-17-18(22-5)14-19(23)20(17)15-9-11-16(12-10-15)21(2,3)4;;;/h11-17,23-24,26-27,29H,2,5-10,18H2,1,3H3;2-4,6,10,12,14,20-24,26-27H,5,8-9,11,13,15H2;9-12,17-20,23H,1,6-8,13-14H2,2-4H3;;;/q3*-1;;;/t23-,24-,26?,27?;20?,21-,22?,23-,24?;17?,18-,19-,20?;;;/m111.../s1. The van der Waals surface area contributed by atoms with Crippen LogP contribution >= 0.6 is 0 Å². The van der Waals surface area contributed by atoms with Crippen molar-refractivity contribution < 1.29 is 128 Å². The number of rotatable bonds is 20. The molecular formula is C72H90N3O6Y3-3. The van der Waals surface area contributed by atoms with Gasteiger partial charge in [-0.2, -0.15) is 35.9 Å². The Morgan fingerprint density at radius 1 is 0.607 bits per heavy atom. The molecule has 5 aromatic rings. The first-order valence-corrected chi connectivity index (χ1v) is 30.1. The third-order valence-electron chi connectivity index (χ3n) is 17.9. The van der Waals surface area contributed by atoms with Gasteiger partial charge in [0.05, 0.1) is 36.8 Å². The minimum absolute atomic E-state index is 0. The van der Waals surface area contributed by atoms with Crippen LogP contribution in [0.2, 0.25) is 0 Å². The second kappa shape index (κ2) is 36.8. The van der Waals surface area contributed by atoms with Crippen molar-refractivity contribution in [3.05, 3.63) is 219 Å². The van der Waals surface area contributed by atoms with Crippen molar-refractivity contribution in [1.82, 2.24) is 0 Å². The van der Waals surface area contributed by atoms with E-state index in [2.05, 4.69) is 135 Å². The monoisotopic (exact) mass is 1360 g/mol. The van der Waals surface area contributed by atoms with Gasteiger partial charge in [0.15, 0.2) is 0 Å². The zero-order valence-electron chi connectivity index (χ0n) is 50.7.